The standard InChI is InChI=1S/C8H5BrFIO2/c9-7-4(3-6(12)13)1-2-5(10)8(7)11/h1-2H,3H2,(H,12,13). The molecule has 0 saturated carbocycles. The van der Waals surface area contributed by atoms with Crippen LogP contribution in [0.3, 0.4) is 0 Å². The Morgan fingerprint density at radius 2 is 2.23 bits per heavy atom. The van der Waals surface area contributed by atoms with E-state index in [-0.39, 0.29) is 12.2 Å². The molecule has 0 aromatic heterocycles. The molecule has 0 atom stereocenters. The largest absolute Gasteiger partial charge is 0.481 e. The maximum absolute atomic E-state index is 12.9. The van der Waals surface area contributed by atoms with Gasteiger partial charge in [-0.25, -0.2) is 4.39 Å². The third-order valence-corrected chi connectivity index (χ3v) is 4.16. The van der Waals surface area contributed by atoms with Crippen molar-refractivity contribution in [2.45, 2.75) is 6.42 Å². The average molecular weight is 359 g/mol. The Morgan fingerprint density at radius 1 is 1.62 bits per heavy atom. The number of hydrogen-bond donors (Lipinski definition) is 1. The quantitative estimate of drug-likeness (QED) is 0.652. The van der Waals surface area contributed by atoms with Gasteiger partial charge in [-0.15, -0.1) is 0 Å². The molecule has 0 spiro atoms. The molecule has 0 saturated heterocycles. The van der Waals surface area contributed by atoms with Crippen LogP contribution in [0.1, 0.15) is 5.56 Å². The number of aliphatic carboxylic acids is 1. The van der Waals surface area contributed by atoms with Crippen LogP contribution >= 0.6 is 38.5 Å². The molecule has 13 heavy (non-hydrogen) atoms. The predicted octanol–water partition coefficient (Wildman–Crippen LogP) is 2.82. The predicted molar refractivity (Wildman–Crippen MR) is 58.2 cm³/mol. The highest BCUT2D eigenvalue weighted by atomic mass is 127. The van der Waals surface area contributed by atoms with Crippen LogP contribution in [0.15, 0.2) is 16.6 Å². The first-order valence-corrected chi connectivity index (χ1v) is 5.23. The van der Waals surface area contributed by atoms with Crippen LogP contribution in [0.5, 0.6) is 0 Å². The zero-order chi connectivity index (χ0) is 10.0. The summed E-state index contributed by atoms with van der Waals surface area (Å²) in [4.78, 5) is 10.4. The van der Waals surface area contributed by atoms with Gasteiger partial charge < -0.3 is 5.11 Å². The Morgan fingerprint density at radius 3 is 2.77 bits per heavy atom. The van der Waals surface area contributed by atoms with E-state index >= 15 is 0 Å². The van der Waals surface area contributed by atoms with Crippen molar-refractivity contribution in [1.82, 2.24) is 0 Å². The molecule has 0 aliphatic rings. The van der Waals surface area contributed by atoms with Gasteiger partial charge in [-0.2, -0.15) is 0 Å². The molecular weight excluding hydrogens is 354 g/mol. The van der Waals surface area contributed by atoms with E-state index in [1.807, 2.05) is 22.6 Å². The lowest BCUT2D eigenvalue weighted by Gasteiger charge is -2.03. The van der Waals surface area contributed by atoms with Crippen molar-refractivity contribution in [3.8, 4) is 0 Å². The number of hydrogen-bond acceptors (Lipinski definition) is 1. The van der Waals surface area contributed by atoms with E-state index in [4.69, 9.17) is 5.11 Å². The Balaban J connectivity index is 3.10. The molecule has 1 aromatic rings. The van der Waals surface area contributed by atoms with Gasteiger partial charge in [0.25, 0.3) is 0 Å². The number of carboxylic acid groups (broad SMARTS) is 1. The molecular formula is C8H5BrFIO2. The first kappa shape index (κ1) is 10.9. The van der Waals surface area contributed by atoms with Crippen molar-refractivity contribution in [3.63, 3.8) is 0 Å². The molecule has 0 bridgehead atoms. The number of rotatable bonds is 2. The Labute approximate surface area is 96.4 Å². The molecule has 1 aromatic carbocycles. The molecule has 1 N–H and O–H groups in total. The first-order chi connectivity index (χ1) is 6.02. The minimum absolute atomic E-state index is 0.100. The van der Waals surface area contributed by atoms with E-state index < -0.39 is 5.97 Å². The summed E-state index contributed by atoms with van der Waals surface area (Å²) < 4.78 is 13.8. The van der Waals surface area contributed by atoms with E-state index in [0.29, 0.717) is 13.6 Å². The molecule has 0 aliphatic heterocycles. The Bertz CT molecular complexity index is 354. The first-order valence-electron chi connectivity index (χ1n) is 3.36. The Kier molecular flexibility index (Phi) is 3.66. The molecule has 0 heterocycles. The van der Waals surface area contributed by atoms with Crippen molar-refractivity contribution in [2.75, 3.05) is 0 Å². The molecule has 70 valence electrons. The smallest absolute Gasteiger partial charge is 0.307 e. The fraction of sp³-hybridized carbons (Fsp3) is 0.125. The molecule has 0 aliphatic carbocycles. The summed E-state index contributed by atoms with van der Waals surface area (Å²) in [6, 6.07) is 2.74. The lowest BCUT2D eigenvalue weighted by Crippen LogP contribution is -2.02. The zero-order valence-corrected chi connectivity index (χ0v) is 10.1. The number of halogens is 3. The molecule has 2 nitrogen and oxygen atoms in total. The fourth-order valence-electron chi connectivity index (χ4n) is 0.865. The van der Waals surface area contributed by atoms with Gasteiger partial charge in [0.05, 0.1) is 9.99 Å². The normalized spacial score (nSPS) is 10.1. The van der Waals surface area contributed by atoms with Crippen LogP contribution in [0.2, 0.25) is 0 Å². The summed E-state index contributed by atoms with van der Waals surface area (Å²) in [6.45, 7) is 0. The van der Waals surface area contributed by atoms with Gasteiger partial charge in [0.15, 0.2) is 0 Å². The highest BCUT2D eigenvalue weighted by Gasteiger charge is 2.10. The number of benzene rings is 1. The lowest BCUT2D eigenvalue weighted by molar-refractivity contribution is -0.136. The van der Waals surface area contributed by atoms with Gasteiger partial charge in [0, 0.05) is 4.47 Å². The van der Waals surface area contributed by atoms with E-state index in [0.717, 1.165) is 0 Å². The van der Waals surface area contributed by atoms with E-state index in [2.05, 4.69) is 15.9 Å². The van der Waals surface area contributed by atoms with E-state index in [1.54, 1.807) is 0 Å². The average Bonchev–Trinajstić information content (AvgIpc) is 2.06. The van der Waals surface area contributed by atoms with Crippen LogP contribution in [0, 0.1) is 9.39 Å². The lowest BCUT2D eigenvalue weighted by atomic mass is 10.1. The fourth-order valence-corrected chi connectivity index (χ4v) is 1.85. The van der Waals surface area contributed by atoms with Crippen molar-refractivity contribution in [3.05, 3.63) is 31.6 Å². The zero-order valence-electron chi connectivity index (χ0n) is 6.35. The summed E-state index contributed by atoms with van der Waals surface area (Å²) in [6.07, 6.45) is -0.100. The highest BCUT2D eigenvalue weighted by Crippen LogP contribution is 2.26. The van der Waals surface area contributed by atoms with Crippen LogP contribution < -0.4 is 0 Å². The van der Waals surface area contributed by atoms with Crippen molar-refractivity contribution in [2.24, 2.45) is 0 Å². The minimum Gasteiger partial charge on any atom is -0.481 e. The van der Waals surface area contributed by atoms with Crippen LogP contribution in [-0.4, -0.2) is 11.1 Å². The van der Waals surface area contributed by atoms with Gasteiger partial charge in [0.2, 0.25) is 0 Å². The maximum Gasteiger partial charge on any atom is 0.307 e. The topological polar surface area (TPSA) is 37.3 Å². The van der Waals surface area contributed by atoms with Gasteiger partial charge in [-0.1, -0.05) is 6.07 Å². The van der Waals surface area contributed by atoms with Gasteiger partial charge >= 0.3 is 5.97 Å². The molecule has 0 unspecified atom stereocenters. The van der Waals surface area contributed by atoms with Gasteiger partial charge in [0.1, 0.15) is 5.82 Å². The van der Waals surface area contributed by atoms with Gasteiger partial charge in [-0.05, 0) is 50.2 Å². The molecule has 5 heteroatoms. The van der Waals surface area contributed by atoms with Crippen molar-refractivity contribution in [1.29, 1.82) is 0 Å². The highest BCUT2D eigenvalue weighted by molar-refractivity contribution is 14.1. The summed E-state index contributed by atoms with van der Waals surface area (Å²) in [7, 11) is 0. The second-order valence-corrected chi connectivity index (χ2v) is 4.28. The van der Waals surface area contributed by atoms with Gasteiger partial charge in [-0.3, -0.25) is 4.79 Å². The van der Waals surface area contributed by atoms with E-state index in [9.17, 15) is 9.18 Å². The van der Waals surface area contributed by atoms with Crippen LogP contribution in [0.25, 0.3) is 0 Å². The molecule has 1 rings (SSSR count). The second-order valence-electron chi connectivity index (χ2n) is 2.40. The third kappa shape index (κ3) is 2.63. The SMILES string of the molecule is O=C(O)Cc1ccc(F)c(I)c1Br. The number of carbonyl (C=O) groups is 1. The molecule has 0 fully saturated rings. The van der Waals surface area contributed by atoms with E-state index in [1.165, 1.54) is 12.1 Å². The summed E-state index contributed by atoms with van der Waals surface area (Å²) >= 11 is 4.98. The second kappa shape index (κ2) is 4.36. The van der Waals surface area contributed by atoms with Crippen LogP contribution in [-0.2, 0) is 11.2 Å². The molecule has 0 amide bonds. The number of carboxylic acids is 1. The Hall–Kier alpha value is -0.170. The summed E-state index contributed by atoms with van der Waals surface area (Å²) in [5, 5.41) is 8.53. The maximum atomic E-state index is 12.9. The van der Waals surface area contributed by atoms with Crippen molar-refractivity contribution < 1.29 is 14.3 Å². The summed E-state index contributed by atoms with van der Waals surface area (Å²) in [5.41, 5.74) is 0.582. The minimum atomic E-state index is -0.928. The molecule has 0 radical (unpaired) electrons. The van der Waals surface area contributed by atoms with Crippen LogP contribution in [0.4, 0.5) is 4.39 Å². The third-order valence-electron chi connectivity index (χ3n) is 1.46. The van der Waals surface area contributed by atoms with Crippen molar-refractivity contribution >= 4 is 44.5 Å². The summed E-state index contributed by atoms with van der Waals surface area (Å²) in [5.74, 6) is -1.27. The monoisotopic (exact) mass is 358 g/mol.